The number of methoxy groups -OCH3 is 1. The number of carbonyl (C=O) groups excluding carboxylic acids is 2. The lowest BCUT2D eigenvalue weighted by Gasteiger charge is -2.01. The van der Waals surface area contributed by atoms with Crippen molar-refractivity contribution in [3.05, 3.63) is 45.0 Å². The van der Waals surface area contributed by atoms with E-state index in [0.717, 1.165) is 62.9 Å². The molecule has 3 heterocycles. The highest BCUT2D eigenvalue weighted by Crippen LogP contribution is 2.25. The number of fused-ring (bicyclic) bond motifs is 1. The Morgan fingerprint density at radius 2 is 1.73 bits per heavy atom. The number of anilines is 1. The number of nitrogens with one attached hydrogen (secondary N) is 2. The lowest BCUT2D eigenvalue weighted by atomic mass is 10.1. The molecular weight excluding hydrogens is 460 g/mol. The summed E-state index contributed by atoms with van der Waals surface area (Å²) in [6, 6.07) is 5.79. The normalized spacial score (nSPS) is 11.1. The van der Waals surface area contributed by atoms with Crippen molar-refractivity contribution in [2.75, 3.05) is 12.4 Å². The highest BCUT2D eigenvalue weighted by atomic mass is 32.1. The fourth-order valence-corrected chi connectivity index (χ4v) is 5.19. The summed E-state index contributed by atoms with van der Waals surface area (Å²) in [4.78, 5) is 26.9. The molecule has 0 unspecified atom stereocenters. The van der Waals surface area contributed by atoms with E-state index in [-0.39, 0.29) is 18.1 Å². The number of amides is 1. The molecule has 172 valence electrons. The zero-order valence-corrected chi connectivity index (χ0v) is 20.0. The first-order chi connectivity index (χ1) is 16.0. The Kier molecular flexibility index (Phi) is 7.40. The predicted octanol–water partition coefficient (Wildman–Crippen LogP) is 3.76. The summed E-state index contributed by atoms with van der Waals surface area (Å²) >= 11 is 2.89. The van der Waals surface area contributed by atoms with Crippen molar-refractivity contribution in [1.82, 2.24) is 25.4 Å². The maximum Gasteiger partial charge on any atom is 0.223 e. The number of H-pyrrole nitrogens is 1. The van der Waals surface area contributed by atoms with Gasteiger partial charge in [0.25, 0.3) is 0 Å². The maximum absolute atomic E-state index is 12.6. The number of ketones is 1. The number of rotatable bonds is 11. The second kappa shape index (κ2) is 10.6. The van der Waals surface area contributed by atoms with E-state index in [9.17, 15) is 9.59 Å². The fourth-order valence-electron chi connectivity index (χ4n) is 3.44. The van der Waals surface area contributed by atoms with Crippen molar-refractivity contribution < 1.29 is 14.3 Å². The number of ether oxygens (including phenoxy) is 1. The van der Waals surface area contributed by atoms with E-state index >= 15 is 0 Å². The first kappa shape index (κ1) is 23.0. The van der Waals surface area contributed by atoms with Crippen LogP contribution in [0, 0.1) is 0 Å². The summed E-state index contributed by atoms with van der Waals surface area (Å²) in [5.41, 5.74) is 1.94. The van der Waals surface area contributed by atoms with Gasteiger partial charge in [0.1, 0.15) is 26.6 Å². The molecule has 0 aliphatic rings. The van der Waals surface area contributed by atoms with E-state index in [1.807, 2.05) is 24.4 Å². The van der Waals surface area contributed by atoms with Crippen molar-refractivity contribution in [3.8, 4) is 5.75 Å². The molecule has 1 aromatic carbocycles. The molecule has 0 spiro atoms. The van der Waals surface area contributed by atoms with Crippen LogP contribution in [-0.2, 0) is 35.3 Å². The molecule has 0 radical (unpaired) electrons. The third-order valence-electron chi connectivity index (χ3n) is 5.00. The largest absolute Gasteiger partial charge is 0.497 e. The van der Waals surface area contributed by atoms with Gasteiger partial charge in [0.05, 0.1) is 13.5 Å². The van der Waals surface area contributed by atoms with Crippen LogP contribution in [0.2, 0.25) is 0 Å². The molecule has 9 nitrogen and oxygen atoms in total. The SMILES string of the molecule is COc1ccc2[nH]cc(CC(=O)Cc3nnc(CCCCc4nnc(NC(C)=O)s4)s3)c2c1. The van der Waals surface area contributed by atoms with Crippen LogP contribution in [0.15, 0.2) is 24.4 Å². The van der Waals surface area contributed by atoms with E-state index in [0.29, 0.717) is 11.6 Å². The molecule has 33 heavy (non-hydrogen) atoms. The van der Waals surface area contributed by atoms with Gasteiger partial charge in [-0.15, -0.1) is 31.7 Å². The number of hydrogen-bond acceptors (Lipinski definition) is 9. The van der Waals surface area contributed by atoms with E-state index in [2.05, 4.69) is 30.7 Å². The van der Waals surface area contributed by atoms with Gasteiger partial charge in [-0.1, -0.05) is 11.3 Å². The minimum absolute atomic E-state index is 0.104. The smallest absolute Gasteiger partial charge is 0.223 e. The number of aryl methyl sites for hydroxylation is 2. The van der Waals surface area contributed by atoms with Gasteiger partial charge in [0, 0.05) is 43.3 Å². The first-order valence-electron chi connectivity index (χ1n) is 10.6. The van der Waals surface area contributed by atoms with Crippen molar-refractivity contribution in [3.63, 3.8) is 0 Å². The molecule has 0 atom stereocenters. The van der Waals surface area contributed by atoms with Crippen LogP contribution in [0.5, 0.6) is 5.75 Å². The number of aromatic amines is 1. The van der Waals surface area contributed by atoms with Crippen LogP contribution in [0.3, 0.4) is 0 Å². The van der Waals surface area contributed by atoms with Gasteiger partial charge in [-0.3, -0.25) is 9.59 Å². The Labute approximate surface area is 198 Å². The van der Waals surface area contributed by atoms with Crippen LogP contribution in [0.1, 0.15) is 40.4 Å². The predicted molar refractivity (Wildman–Crippen MR) is 128 cm³/mol. The van der Waals surface area contributed by atoms with Gasteiger partial charge < -0.3 is 15.0 Å². The minimum Gasteiger partial charge on any atom is -0.497 e. The van der Waals surface area contributed by atoms with Gasteiger partial charge in [-0.25, -0.2) is 0 Å². The molecule has 0 aliphatic carbocycles. The van der Waals surface area contributed by atoms with Crippen LogP contribution in [0.4, 0.5) is 5.13 Å². The number of nitrogens with zero attached hydrogens (tertiary/aromatic N) is 4. The molecule has 0 aliphatic heterocycles. The number of hydrogen-bond donors (Lipinski definition) is 2. The van der Waals surface area contributed by atoms with Gasteiger partial charge in [0.15, 0.2) is 0 Å². The van der Waals surface area contributed by atoms with E-state index in [1.165, 1.54) is 29.6 Å². The quantitative estimate of drug-likeness (QED) is 0.311. The topological polar surface area (TPSA) is 123 Å². The average Bonchev–Trinajstić information content (AvgIpc) is 3.51. The van der Waals surface area contributed by atoms with Crippen molar-refractivity contribution in [2.45, 2.75) is 45.4 Å². The lowest BCUT2D eigenvalue weighted by Crippen LogP contribution is -2.06. The summed E-state index contributed by atoms with van der Waals surface area (Å²) in [6.45, 7) is 1.45. The zero-order chi connectivity index (χ0) is 23.2. The third-order valence-corrected chi connectivity index (χ3v) is 6.88. The third kappa shape index (κ3) is 6.20. The lowest BCUT2D eigenvalue weighted by molar-refractivity contribution is -0.118. The molecule has 4 rings (SSSR count). The summed E-state index contributed by atoms with van der Waals surface area (Å²) in [7, 11) is 1.63. The molecule has 1 amide bonds. The van der Waals surface area contributed by atoms with E-state index in [1.54, 1.807) is 7.11 Å². The minimum atomic E-state index is -0.148. The molecule has 3 aromatic heterocycles. The Morgan fingerprint density at radius 3 is 2.48 bits per heavy atom. The molecular formula is C22H24N6O3S2. The Balaban J connectivity index is 1.23. The second-order valence-electron chi connectivity index (χ2n) is 7.60. The van der Waals surface area contributed by atoms with Crippen LogP contribution in [-0.4, -0.2) is 44.2 Å². The van der Waals surface area contributed by atoms with Crippen LogP contribution >= 0.6 is 22.7 Å². The van der Waals surface area contributed by atoms with Gasteiger partial charge in [-0.05, 0) is 36.6 Å². The molecule has 0 saturated carbocycles. The van der Waals surface area contributed by atoms with Gasteiger partial charge >= 0.3 is 0 Å². The molecule has 11 heteroatoms. The summed E-state index contributed by atoms with van der Waals surface area (Å²) in [5, 5.41) is 23.2. The number of Topliss-reactive ketones (excluding diaryl/α,β-unsaturated/α-hetero) is 1. The molecule has 0 fully saturated rings. The average molecular weight is 485 g/mol. The zero-order valence-electron chi connectivity index (χ0n) is 18.4. The monoisotopic (exact) mass is 484 g/mol. The number of aromatic nitrogens is 5. The van der Waals surface area contributed by atoms with Gasteiger partial charge in [-0.2, -0.15) is 0 Å². The highest BCUT2D eigenvalue weighted by Gasteiger charge is 2.14. The first-order valence-corrected chi connectivity index (χ1v) is 12.2. The second-order valence-corrected chi connectivity index (χ2v) is 9.81. The number of carbonyl (C=O) groups is 2. The highest BCUT2D eigenvalue weighted by molar-refractivity contribution is 7.15. The summed E-state index contributed by atoms with van der Waals surface area (Å²) < 4.78 is 5.29. The summed E-state index contributed by atoms with van der Waals surface area (Å²) in [5.74, 6) is 0.724. The van der Waals surface area contributed by atoms with Crippen molar-refractivity contribution >= 4 is 50.4 Å². The molecule has 2 N–H and O–H groups in total. The van der Waals surface area contributed by atoms with Gasteiger partial charge in [0.2, 0.25) is 11.0 Å². The number of benzene rings is 1. The molecule has 0 bridgehead atoms. The van der Waals surface area contributed by atoms with Crippen molar-refractivity contribution in [2.24, 2.45) is 0 Å². The molecule has 4 aromatic rings. The van der Waals surface area contributed by atoms with Crippen molar-refractivity contribution in [1.29, 1.82) is 0 Å². The van der Waals surface area contributed by atoms with Crippen LogP contribution in [0.25, 0.3) is 10.9 Å². The molecule has 0 saturated heterocycles. The Hall–Kier alpha value is -3.18. The van der Waals surface area contributed by atoms with Crippen LogP contribution < -0.4 is 10.1 Å². The summed E-state index contributed by atoms with van der Waals surface area (Å²) in [6.07, 6.45) is 5.99. The fraction of sp³-hybridized carbons (Fsp3) is 0.364. The standard InChI is InChI=1S/C22H24N6O3S2/c1-13(29)24-22-28-26-20(33-22)6-4-3-5-19-25-27-21(32-19)10-15(30)9-14-12-23-18-8-7-16(31-2)11-17(14)18/h7-8,11-12,23H,3-6,9-10H2,1-2H3,(H,24,28,29). The maximum atomic E-state index is 12.6. The number of unbranched alkanes of at least 4 members (excludes halogenated alkanes) is 1. The Bertz CT molecular complexity index is 1260. The van der Waals surface area contributed by atoms with E-state index in [4.69, 9.17) is 4.74 Å². The van der Waals surface area contributed by atoms with E-state index < -0.39 is 0 Å². The Morgan fingerprint density at radius 1 is 1.00 bits per heavy atom.